The maximum absolute atomic E-state index is 9.39. The summed E-state index contributed by atoms with van der Waals surface area (Å²) in [4.78, 5) is 9.21. The molecule has 42 heavy (non-hydrogen) atoms. The number of piperidine rings is 1. The maximum Gasteiger partial charge on any atom is 0.127 e. The molecule has 214 valence electrons. The van der Waals surface area contributed by atoms with Gasteiger partial charge in [0.2, 0.25) is 0 Å². The minimum atomic E-state index is 0.491. The average molecular weight is 595 g/mol. The number of hydrogen-bond acceptors (Lipinski definition) is 5. The lowest BCUT2D eigenvalue weighted by Crippen LogP contribution is -2.32. The van der Waals surface area contributed by atoms with Gasteiger partial charge < -0.3 is 9.30 Å². The third kappa shape index (κ3) is 6.24. The van der Waals surface area contributed by atoms with E-state index < -0.39 is 0 Å². The van der Waals surface area contributed by atoms with E-state index in [9.17, 15) is 5.26 Å². The number of rotatable bonds is 9. The summed E-state index contributed by atoms with van der Waals surface area (Å²) in [6.07, 6.45) is 7.85. The SMILES string of the molecule is CCCCc1sc(C2CCN(Cc3cn(C)c4ccc(C#N)cc34)CC2)nc1-c1ccc(Oc2ccc(Cl)cc2)cc1. The molecule has 3 heterocycles. The first-order chi connectivity index (χ1) is 20.5. The molecule has 1 saturated heterocycles. The van der Waals surface area contributed by atoms with Crippen molar-refractivity contribution in [3.05, 3.63) is 99.0 Å². The minimum Gasteiger partial charge on any atom is -0.457 e. The second kappa shape index (κ2) is 12.7. The first-order valence-corrected chi connectivity index (χ1v) is 15.9. The topological polar surface area (TPSA) is 54.1 Å². The van der Waals surface area contributed by atoms with E-state index >= 15 is 0 Å². The van der Waals surface area contributed by atoms with Crippen LogP contribution in [0.15, 0.2) is 72.9 Å². The molecule has 0 amide bonds. The summed E-state index contributed by atoms with van der Waals surface area (Å²) in [7, 11) is 2.08. The number of benzene rings is 3. The molecule has 0 radical (unpaired) electrons. The van der Waals surface area contributed by atoms with E-state index in [-0.39, 0.29) is 0 Å². The van der Waals surface area contributed by atoms with Crippen LogP contribution in [-0.2, 0) is 20.0 Å². The minimum absolute atomic E-state index is 0.491. The predicted molar refractivity (Wildman–Crippen MR) is 173 cm³/mol. The molecule has 0 atom stereocenters. The quantitative estimate of drug-likeness (QED) is 0.171. The van der Waals surface area contributed by atoms with Crippen molar-refractivity contribution in [1.29, 1.82) is 5.26 Å². The molecule has 0 unspecified atom stereocenters. The van der Waals surface area contributed by atoms with Crippen LogP contribution in [0.1, 0.15) is 59.5 Å². The number of thiazole rings is 1. The Morgan fingerprint density at radius 3 is 2.43 bits per heavy atom. The number of ether oxygens (including phenoxy) is 1. The second-order valence-electron chi connectivity index (χ2n) is 11.2. The summed E-state index contributed by atoms with van der Waals surface area (Å²) >= 11 is 7.92. The van der Waals surface area contributed by atoms with Crippen LogP contribution in [-0.4, -0.2) is 27.5 Å². The predicted octanol–water partition coefficient (Wildman–Crippen LogP) is 9.34. The molecule has 1 aliphatic rings. The first kappa shape index (κ1) is 28.5. The number of fused-ring (bicyclic) bond motifs is 1. The van der Waals surface area contributed by atoms with Crippen LogP contribution in [0.25, 0.3) is 22.2 Å². The summed E-state index contributed by atoms with van der Waals surface area (Å²) in [6.45, 7) is 5.26. The summed E-state index contributed by atoms with van der Waals surface area (Å²) in [5, 5.41) is 12.6. The Balaban J connectivity index is 1.15. The molecule has 1 fully saturated rings. The van der Waals surface area contributed by atoms with E-state index in [1.165, 1.54) is 39.2 Å². The van der Waals surface area contributed by atoms with E-state index in [4.69, 9.17) is 21.3 Å². The zero-order valence-corrected chi connectivity index (χ0v) is 25.7. The van der Waals surface area contributed by atoms with E-state index in [2.05, 4.69) is 53.9 Å². The number of nitrogens with zero attached hydrogens (tertiary/aromatic N) is 4. The Hall–Kier alpha value is -3.63. The molecule has 1 aliphatic heterocycles. The Labute approximate surface area is 257 Å². The number of aryl methyl sites for hydroxylation is 2. The number of nitriles is 1. The highest BCUT2D eigenvalue weighted by Crippen LogP contribution is 2.38. The Morgan fingerprint density at radius 2 is 1.74 bits per heavy atom. The van der Waals surface area contributed by atoms with E-state index in [1.807, 2.05) is 59.9 Å². The number of aromatic nitrogens is 2. The average Bonchev–Trinajstić information content (AvgIpc) is 3.58. The molecule has 2 aromatic heterocycles. The fourth-order valence-electron chi connectivity index (χ4n) is 5.84. The zero-order valence-electron chi connectivity index (χ0n) is 24.1. The molecule has 0 bridgehead atoms. The zero-order chi connectivity index (χ0) is 29.1. The number of unbranched alkanes of at least 4 members (excludes halogenated alkanes) is 1. The summed E-state index contributed by atoms with van der Waals surface area (Å²) in [5.41, 5.74) is 5.48. The monoisotopic (exact) mass is 594 g/mol. The molecule has 0 N–H and O–H groups in total. The van der Waals surface area contributed by atoms with E-state index in [0.717, 1.165) is 67.2 Å². The van der Waals surface area contributed by atoms with E-state index in [0.29, 0.717) is 10.9 Å². The van der Waals surface area contributed by atoms with Gasteiger partial charge in [0.05, 0.1) is 22.3 Å². The van der Waals surface area contributed by atoms with Crippen molar-refractivity contribution in [1.82, 2.24) is 14.5 Å². The number of likely N-dealkylation sites (tertiary alicyclic amines) is 1. The molecular formula is C35H35ClN4OS. The van der Waals surface area contributed by atoms with Gasteiger partial charge in [0.15, 0.2) is 0 Å². The molecule has 3 aromatic carbocycles. The van der Waals surface area contributed by atoms with Crippen LogP contribution in [0.2, 0.25) is 5.02 Å². The first-order valence-electron chi connectivity index (χ1n) is 14.7. The Morgan fingerprint density at radius 1 is 1.02 bits per heavy atom. The lowest BCUT2D eigenvalue weighted by atomic mass is 9.97. The van der Waals surface area contributed by atoms with Crippen LogP contribution in [0, 0.1) is 11.3 Å². The van der Waals surface area contributed by atoms with Gasteiger partial charge in [0.1, 0.15) is 11.5 Å². The van der Waals surface area contributed by atoms with Crippen LogP contribution in [0.4, 0.5) is 0 Å². The van der Waals surface area contributed by atoms with Gasteiger partial charge in [-0.05, 0) is 111 Å². The highest BCUT2D eigenvalue weighted by Gasteiger charge is 2.26. The normalized spacial score (nSPS) is 14.3. The van der Waals surface area contributed by atoms with Crippen molar-refractivity contribution < 1.29 is 4.74 Å². The van der Waals surface area contributed by atoms with Crippen molar-refractivity contribution in [2.24, 2.45) is 7.05 Å². The number of halogens is 1. The van der Waals surface area contributed by atoms with Gasteiger partial charge >= 0.3 is 0 Å². The third-order valence-corrected chi connectivity index (χ3v) is 9.71. The van der Waals surface area contributed by atoms with Gasteiger partial charge in [-0.2, -0.15) is 5.26 Å². The highest BCUT2D eigenvalue weighted by molar-refractivity contribution is 7.12. The van der Waals surface area contributed by atoms with Gasteiger partial charge in [-0.25, -0.2) is 4.98 Å². The molecule has 0 saturated carbocycles. The lowest BCUT2D eigenvalue weighted by Gasteiger charge is -2.31. The number of hydrogen-bond donors (Lipinski definition) is 0. The van der Waals surface area contributed by atoms with E-state index in [1.54, 1.807) is 0 Å². The maximum atomic E-state index is 9.39. The Bertz CT molecular complexity index is 1710. The van der Waals surface area contributed by atoms with Crippen molar-refractivity contribution >= 4 is 33.8 Å². The van der Waals surface area contributed by atoms with Crippen molar-refractivity contribution in [3.63, 3.8) is 0 Å². The van der Waals surface area contributed by atoms with Crippen LogP contribution >= 0.6 is 22.9 Å². The second-order valence-corrected chi connectivity index (χ2v) is 12.7. The molecule has 5 nitrogen and oxygen atoms in total. The van der Waals surface area contributed by atoms with Gasteiger partial charge in [-0.15, -0.1) is 11.3 Å². The highest BCUT2D eigenvalue weighted by atomic mass is 35.5. The van der Waals surface area contributed by atoms with Crippen LogP contribution < -0.4 is 4.74 Å². The fourth-order valence-corrected chi connectivity index (χ4v) is 7.27. The molecular weight excluding hydrogens is 560 g/mol. The fraction of sp³-hybridized carbons (Fsp3) is 0.314. The van der Waals surface area contributed by atoms with Crippen molar-refractivity contribution in [2.45, 2.75) is 51.5 Å². The summed E-state index contributed by atoms with van der Waals surface area (Å²) in [6, 6.07) is 24.0. The largest absolute Gasteiger partial charge is 0.457 e. The van der Waals surface area contributed by atoms with Gasteiger partial charge in [-0.3, -0.25) is 4.90 Å². The molecule has 0 aliphatic carbocycles. The van der Waals surface area contributed by atoms with Gasteiger partial charge in [-0.1, -0.05) is 24.9 Å². The summed E-state index contributed by atoms with van der Waals surface area (Å²) in [5.74, 6) is 2.06. The lowest BCUT2D eigenvalue weighted by molar-refractivity contribution is 0.205. The van der Waals surface area contributed by atoms with Crippen molar-refractivity contribution in [2.75, 3.05) is 13.1 Å². The smallest absolute Gasteiger partial charge is 0.127 e. The molecule has 0 spiro atoms. The molecule has 6 rings (SSSR count). The van der Waals surface area contributed by atoms with Crippen LogP contribution in [0.5, 0.6) is 11.5 Å². The Kier molecular flexibility index (Phi) is 8.62. The standard InChI is InChI=1S/C35H35ClN4OS/c1-3-4-5-33-34(25-7-11-29(12-8-25)41-30-13-9-28(36)10-14-30)38-35(42-33)26-16-18-40(19-17-26)23-27-22-39(2)32-15-6-24(21-37)20-31(27)32/h6-15,20,22,26H,3-5,16-19,23H2,1-2H3. The molecule has 7 heteroatoms. The van der Waals surface area contributed by atoms with Gasteiger partial charge in [0, 0.05) is 52.1 Å². The van der Waals surface area contributed by atoms with Crippen LogP contribution in [0.3, 0.4) is 0 Å². The third-order valence-electron chi connectivity index (χ3n) is 8.18. The molecule has 5 aromatic rings. The summed E-state index contributed by atoms with van der Waals surface area (Å²) < 4.78 is 8.18. The van der Waals surface area contributed by atoms with Crippen molar-refractivity contribution in [3.8, 4) is 28.8 Å². The van der Waals surface area contributed by atoms with Gasteiger partial charge in [0.25, 0.3) is 0 Å².